The molecule has 0 unspecified atom stereocenters. The molecule has 0 radical (unpaired) electrons. The van der Waals surface area contributed by atoms with Crippen LogP contribution in [0, 0.1) is 17.8 Å². The van der Waals surface area contributed by atoms with Crippen molar-refractivity contribution >= 4 is 18.2 Å². The number of ketones is 1. The van der Waals surface area contributed by atoms with Gasteiger partial charge >= 0.3 is 0 Å². The first-order valence-electron chi connectivity index (χ1n) is 6.80. The van der Waals surface area contributed by atoms with Gasteiger partial charge in [0.15, 0.2) is 0 Å². The van der Waals surface area contributed by atoms with E-state index in [-0.39, 0.29) is 30.2 Å². The minimum Gasteiger partial charge on any atom is -0.321 e. The van der Waals surface area contributed by atoms with E-state index in [9.17, 15) is 4.79 Å². The van der Waals surface area contributed by atoms with Gasteiger partial charge in [-0.15, -0.1) is 12.4 Å². The maximum Gasteiger partial charge on any atom is 0.150 e. The second-order valence-corrected chi connectivity index (χ2v) is 5.82. The molecule has 0 aromatic carbocycles. The monoisotopic (exact) mass is 261 g/mol. The van der Waals surface area contributed by atoms with Crippen molar-refractivity contribution in [2.75, 3.05) is 0 Å². The summed E-state index contributed by atoms with van der Waals surface area (Å²) >= 11 is 0. The Labute approximate surface area is 112 Å². The highest BCUT2D eigenvalue weighted by atomic mass is 35.5. The molecule has 2 nitrogen and oxygen atoms in total. The summed E-state index contributed by atoms with van der Waals surface area (Å²) < 4.78 is 0. The first-order chi connectivity index (χ1) is 7.52. The Morgan fingerprint density at radius 2 is 1.71 bits per heavy atom. The van der Waals surface area contributed by atoms with Gasteiger partial charge in [0.25, 0.3) is 0 Å². The molecule has 0 amide bonds. The Hall–Kier alpha value is -0.0800. The van der Waals surface area contributed by atoms with Crippen molar-refractivity contribution in [3.05, 3.63) is 0 Å². The smallest absolute Gasteiger partial charge is 0.150 e. The molecule has 0 bridgehead atoms. The van der Waals surface area contributed by atoms with Crippen molar-refractivity contribution in [3.63, 3.8) is 0 Å². The number of halogens is 1. The van der Waals surface area contributed by atoms with E-state index in [1.165, 1.54) is 32.1 Å². The van der Waals surface area contributed by atoms with Gasteiger partial charge < -0.3 is 5.73 Å². The Morgan fingerprint density at radius 1 is 1.18 bits per heavy atom. The molecule has 1 saturated carbocycles. The van der Waals surface area contributed by atoms with E-state index in [2.05, 4.69) is 6.92 Å². The Morgan fingerprint density at radius 3 is 2.18 bits per heavy atom. The second kappa shape index (κ2) is 8.10. The average Bonchev–Trinajstić information content (AvgIpc) is 2.28. The maximum absolute atomic E-state index is 11.9. The first-order valence-corrected chi connectivity index (χ1v) is 6.80. The lowest BCUT2D eigenvalue weighted by Crippen LogP contribution is -2.37. The van der Waals surface area contributed by atoms with Crippen LogP contribution in [0.4, 0.5) is 0 Å². The van der Waals surface area contributed by atoms with Gasteiger partial charge in [0.2, 0.25) is 0 Å². The number of carbonyl (C=O) groups is 1. The number of Topliss-reactive ketones (excluding diaryl/α,β-unsaturated/α-hetero) is 1. The van der Waals surface area contributed by atoms with Crippen LogP contribution in [0.2, 0.25) is 0 Å². The summed E-state index contributed by atoms with van der Waals surface area (Å²) in [6, 6.07) is -0.258. The topological polar surface area (TPSA) is 43.1 Å². The molecule has 2 atom stereocenters. The zero-order chi connectivity index (χ0) is 12.1. The summed E-state index contributed by atoms with van der Waals surface area (Å²) in [7, 11) is 0. The molecule has 2 N–H and O–H groups in total. The van der Waals surface area contributed by atoms with Gasteiger partial charge in [-0.3, -0.25) is 4.79 Å². The highest BCUT2D eigenvalue weighted by molar-refractivity contribution is 5.85. The Balaban J connectivity index is 0.00000256. The van der Waals surface area contributed by atoms with Crippen molar-refractivity contribution in [2.45, 2.75) is 65.3 Å². The van der Waals surface area contributed by atoms with Crippen LogP contribution in [-0.2, 0) is 4.79 Å². The molecule has 102 valence electrons. The minimum absolute atomic E-state index is 0. The standard InChI is InChI=1S/C14H27NO.ClH/c1-10(2)14(15)13(16)9-11(3)12-7-5-4-6-8-12;/h10-12,14H,4-9,15H2,1-3H3;1H/t11-,14+;/m0./s1. The number of nitrogens with two attached hydrogens (primary N) is 1. The summed E-state index contributed by atoms with van der Waals surface area (Å²) in [5, 5.41) is 0. The largest absolute Gasteiger partial charge is 0.321 e. The van der Waals surface area contributed by atoms with Gasteiger partial charge in [-0.1, -0.05) is 52.9 Å². The molecule has 0 spiro atoms. The summed E-state index contributed by atoms with van der Waals surface area (Å²) in [6.07, 6.45) is 7.38. The van der Waals surface area contributed by atoms with Gasteiger partial charge in [0, 0.05) is 6.42 Å². The van der Waals surface area contributed by atoms with E-state index < -0.39 is 0 Å². The summed E-state index contributed by atoms with van der Waals surface area (Å²) in [6.45, 7) is 6.27. The normalized spacial score (nSPS) is 20.8. The van der Waals surface area contributed by atoms with Crippen molar-refractivity contribution in [3.8, 4) is 0 Å². The predicted octanol–water partition coefficient (Wildman–Crippen LogP) is 3.57. The Bertz CT molecular complexity index is 224. The van der Waals surface area contributed by atoms with Crippen molar-refractivity contribution in [1.82, 2.24) is 0 Å². The summed E-state index contributed by atoms with van der Waals surface area (Å²) in [5.41, 5.74) is 5.89. The molecule has 1 aliphatic rings. The van der Waals surface area contributed by atoms with E-state index in [1.54, 1.807) is 0 Å². The minimum atomic E-state index is -0.258. The predicted molar refractivity (Wildman–Crippen MR) is 75.4 cm³/mol. The molecule has 0 aromatic rings. The highest BCUT2D eigenvalue weighted by Crippen LogP contribution is 2.31. The molecule has 1 rings (SSSR count). The quantitative estimate of drug-likeness (QED) is 0.822. The van der Waals surface area contributed by atoms with Gasteiger partial charge in [-0.05, 0) is 17.8 Å². The first kappa shape index (κ1) is 16.9. The van der Waals surface area contributed by atoms with Gasteiger partial charge in [-0.2, -0.15) is 0 Å². The van der Waals surface area contributed by atoms with E-state index in [0.717, 1.165) is 5.92 Å². The third-order valence-corrected chi connectivity index (χ3v) is 4.07. The van der Waals surface area contributed by atoms with Crippen LogP contribution in [0.3, 0.4) is 0 Å². The zero-order valence-electron chi connectivity index (χ0n) is 11.4. The van der Waals surface area contributed by atoms with Crippen LogP contribution in [0.15, 0.2) is 0 Å². The lowest BCUT2D eigenvalue weighted by atomic mass is 9.78. The van der Waals surface area contributed by atoms with Crippen LogP contribution in [0.1, 0.15) is 59.3 Å². The van der Waals surface area contributed by atoms with E-state index >= 15 is 0 Å². The van der Waals surface area contributed by atoms with Crippen LogP contribution in [-0.4, -0.2) is 11.8 Å². The molecule has 0 heterocycles. The van der Waals surface area contributed by atoms with Crippen molar-refractivity contribution < 1.29 is 4.79 Å². The van der Waals surface area contributed by atoms with E-state index in [0.29, 0.717) is 12.3 Å². The molecule has 17 heavy (non-hydrogen) atoms. The lowest BCUT2D eigenvalue weighted by molar-refractivity contribution is -0.122. The molecule has 0 saturated heterocycles. The van der Waals surface area contributed by atoms with Crippen molar-refractivity contribution in [2.24, 2.45) is 23.5 Å². The van der Waals surface area contributed by atoms with Crippen molar-refractivity contribution in [1.29, 1.82) is 0 Å². The van der Waals surface area contributed by atoms with Crippen LogP contribution in [0.5, 0.6) is 0 Å². The van der Waals surface area contributed by atoms with Gasteiger partial charge in [0.05, 0.1) is 6.04 Å². The van der Waals surface area contributed by atoms with Gasteiger partial charge in [0.1, 0.15) is 5.78 Å². The van der Waals surface area contributed by atoms with E-state index in [4.69, 9.17) is 5.73 Å². The summed E-state index contributed by atoms with van der Waals surface area (Å²) in [4.78, 5) is 11.9. The van der Waals surface area contributed by atoms with Crippen LogP contribution in [0.25, 0.3) is 0 Å². The summed E-state index contributed by atoms with van der Waals surface area (Å²) in [5.74, 6) is 1.81. The number of hydrogen-bond donors (Lipinski definition) is 1. The number of hydrogen-bond acceptors (Lipinski definition) is 2. The molecule has 1 aliphatic carbocycles. The molecular weight excluding hydrogens is 234 g/mol. The average molecular weight is 262 g/mol. The third kappa shape index (κ3) is 5.39. The highest BCUT2D eigenvalue weighted by Gasteiger charge is 2.25. The zero-order valence-corrected chi connectivity index (χ0v) is 12.3. The van der Waals surface area contributed by atoms with Crippen LogP contribution < -0.4 is 5.73 Å². The fourth-order valence-electron chi connectivity index (χ4n) is 2.70. The molecule has 1 fully saturated rings. The second-order valence-electron chi connectivity index (χ2n) is 5.82. The van der Waals surface area contributed by atoms with Gasteiger partial charge in [-0.25, -0.2) is 0 Å². The molecular formula is C14H28ClNO. The lowest BCUT2D eigenvalue weighted by Gasteiger charge is -2.28. The third-order valence-electron chi connectivity index (χ3n) is 4.07. The molecule has 0 aliphatic heterocycles. The molecule has 0 aromatic heterocycles. The Kier molecular flexibility index (Phi) is 8.06. The number of rotatable bonds is 5. The fraction of sp³-hybridized carbons (Fsp3) is 0.929. The molecule has 3 heteroatoms. The maximum atomic E-state index is 11.9. The van der Waals surface area contributed by atoms with E-state index in [1.807, 2.05) is 13.8 Å². The number of carbonyl (C=O) groups excluding carboxylic acids is 1. The SMILES string of the molecule is CC(C)[C@@H](N)C(=O)C[C@H](C)C1CCCCC1.Cl. The fourth-order valence-corrected chi connectivity index (χ4v) is 2.70. The van der Waals surface area contributed by atoms with Crippen LogP contribution >= 0.6 is 12.4 Å².